The molecular formula is C18H24N2O2. The van der Waals surface area contributed by atoms with E-state index < -0.39 is 0 Å². The summed E-state index contributed by atoms with van der Waals surface area (Å²) in [5, 5.41) is 0. The number of ether oxygens (including phenoxy) is 2. The number of anilines is 2. The number of benzene rings is 2. The van der Waals surface area contributed by atoms with E-state index in [0.717, 1.165) is 34.0 Å². The maximum Gasteiger partial charge on any atom is 0.127 e. The molecule has 0 aliphatic carbocycles. The van der Waals surface area contributed by atoms with Gasteiger partial charge < -0.3 is 19.3 Å². The summed E-state index contributed by atoms with van der Waals surface area (Å²) in [5.74, 6) is 1.65. The third-order valence-corrected chi connectivity index (χ3v) is 3.66. The van der Waals surface area contributed by atoms with Gasteiger partial charge in [0.05, 0.1) is 14.2 Å². The highest BCUT2D eigenvalue weighted by Gasteiger charge is 2.18. The zero-order chi connectivity index (χ0) is 16.3. The lowest BCUT2D eigenvalue weighted by Gasteiger charge is -2.25. The summed E-state index contributed by atoms with van der Waals surface area (Å²) in [6.45, 7) is 0. The number of nitrogens with zero attached hydrogens (tertiary/aromatic N) is 2. The highest BCUT2D eigenvalue weighted by Crippen LogP contribution is 2.43. The summed E-state index contributed by atoms with van der Waals surface area (Å²) in [6, 6.07) is 12.2. The first kappa shape index (κ1) is 16.0. The van der Waals surface area contributed by atoms with Gasteiger partial charge in [-0.15, -0.1) is 0 Å². The second-order valence-corrected chi connectivity index (χ2v) is 5.53. The van der Waals surface area contributed by atoms with Crippen molar-refractivity contribution in [3.05, 3.63) is 36.4 Å². The van der Waals surface area contributed by atoms with Crippen LogP contribution in [0.5, 0.6) is 11.5 Å². The summed E-state index contributed by atoms with van der Waals surface area (Å²) >= 11 is 0. The van der Waals surface area contributed by atoms with E-state index in [4.69, 9.17) is 9.47 Å². The quantitative estimate of drug-likeness (QED) is 0.844. The normalized spacial score (nSPS) is 10.3. The predicted octanol–water partition coefficient (Wildman–Crippen LogP) is 3.50. The van der Waals surface area contributed by atoms with Crippen molar-refractivity contribution < 1.29 is 9.47 Å². The molecule has 0 amide bonds. The Kier molecular flexibility index (Phi) is 4.81. The van der Waals surface area contributed by atoms with Gasteiger partial charge >= 0.3 is 0 Å². The summed E-state index contributed by atoms with van der Waals surface area (Å²) in [7, 11) is 11.6. The average Bonchev–Trinajstić information content (AvgIpc) is 2.53. The van der Waals surface area contributed by atoms with Crippen LogP contribution in [-0.2, 0) is 0 Å². The molecule has 0 saturated heterocycles. The van der Waals surface area contributed by atoms with E-state index in [1.54, 1.807) is 14.2 Å². The van der Waals surface area contributed by atoms with E-state index in [1.165, 1.54) is 0 Å². The molecule has 4 nitrogen and oxygen atoms in total. The number of hydrogen-bond donors (Lipinski definition) is 0. The smallest absolute Gasteiger partial charge is 0.127 e. The van der Waals surface area contributed by atoms with Gasteiger partial charge in [-0.25, -0.2) is 0 Å². The van der Waals surface area contributed by atoms with Crippen LogP contribution >= 0.6 is 0 Å². The molecule has 2 aromatic carbocycles. The molecule has 0 fully saturated rings. The van der Waals surface area contributed by atoms with Gasteiger partial charge in [0.1, 0.15) is 11.5 Å². The van der Waals surface area contributed by atoms with Crippen molar-refractivity contribution in [1.29, 1.82) is 0 Å². The molecule has 0 N–H and O–H groups in total. The van der Waals surface area contributed by atoms with Gasteiger partial charge in [-0.2, -0.15) is 0 Å². The zero-order valence-electron chi connectivity index (χ0n) is 14.2. The molecule has 22 heavy (non-hydrogen) atoms. The van der Waals surface area contributed by atoms with Crippen molar-refractivity contribution in [3.63, 3.8) is 0 Å². The summed E-state index contributed by atoms with van der Waals surface area (Å²) in [4.78, 5) is 4.22. The molecule has 0 aliphatic heterocycles. The minimum absolute atomic E-state index is 0.814. The lowest BCUT2D eigenvalue weighted by atomic mass is 9.99. The molecule has 0 aliphatic rings. The van der Waals surface area contributed by atoms with E-state index in [2.05, 4.69) is 28.0 Å². The maximum atomic E-state index is 5.58. The molecule has 0 radical (unpaired) electrons. The van der Waals surface area contributed by atoms with E-state index in [-0.39, 0.29) is 0 Å². The van der Waals surface area contributed by atoms with Crippen molar-refractivity contribution in [2.45, 2.75) is 0 Å². The van der Waals surface area contributed by atoms with Crippen molar-refractivity contribution in [1.82, 2.24) is 0 Å². The molecule has 4 heteroatoms. The topological polar surface area (TPSA) is 24.9 Å². The van der Waals surface area contributed by atoms with Crippen LogP contribution in [-0.4, -0.2) is 42.4 Å². The fraction of sp³-hybridized carbons (Fsp3) is 0.333. The second-order valence-electron chi connectivity index (χ2n) is 5.53. The molecular weight excluding hydrogens is 276 g/mol. The Morgan fingerprint density at radius 1 is 0.773 bits per heavy atom. The Hall–Kier alpha value is -2.36. The minimum Gasteiger partial charge on any atom is -0.497 e. The van der Waals surface area contributed by atoms with Crippen LogP contribution < -0.4 is 19.3 Å². The third-order valence-electron chi connectivity index (χ3n) is 3.66. The first-order valence-corrected chi connectivity index (χ1v) is 7.19. The highest BCUT2D eigenvalue weighted by atomic mass is 16.5. The first-order chi connectivity index (χ1) is 10.5. The largest absolute Gasteiger partial charge is 0.497 e. The molecule has 0 aromatic heterocycles. The summed E-state index contributed by atoms with van der Waals surface area (Å²) in [6.07, 6.45) is 0. The fourth-order valence-corrected chi connectivity index (χ4v) is 2.56. The predicted molar refractivity (Wildman–Crippen MR) is 93.6 cm³/mol. The van der Waals surface area contributed by atoms with Gasteiger partial charge in [0, 0.05) is 50.7 Å². The van der Waals surface area contributed by atoms with Crippen molar-refractivity contribution >= 4 is 11.4 Å². The van der Waals surface area contributed by atoms with Gasteiger partial charge in [0.2, 0.25) is 0 Å². The summed E-state index contributed by atoms with van der Waals surface area (Å²) < 4.78 is 11.0. The van der Waals surface area contributed by atoms with Gasteiger partial charge in [-0.05, 0) is 30.3 Å². The van der Waals surface area contributed by atoms with E-state index in [0.29, 0.717) is 0 Å². The first-order valence-electron chi connectivity index (χ1n) is 7.19. The Morgan fingerprint density at radius 2 is 1.36 bits per heavy atom. The molecule has 2 rings (SSSR count). The monoisotopic (exact) mass is 300 g/mol. The van der Waals surface area contributed by atoms with Crippen molar-refractivity contribution in [2.75, 3.05) is 52.2 Å². The standard InChI is InChI=1S/C18H24N2O2/c1-19(2)15-8-7-9-16(20(3)4)18(15)14-12-13(21-5)10-11-17(14)22-6/h7-12H,1-6H3. The van der Waals surface area contributed by atoms with Gasteiger partial charge in [-0.1, -0.05) is 6.07 Å². The van der Waals surface area contributed by atoms with Crippen molar-refractivity contribution in [2.24, 2.45) is 0 Å². The third kappa shape index (κ3) is 2.96. The Bertz CT molecular complexity index is 625. The van der Waals surface area contributed by atoms with Crippen LogP contribution in [0, 0.1) is 0 Å². The van der Waals surface area contributed by atoms with Gasteiger partial charge in [-0.3, -0.25) is 0 Å². The molecule has 118 valence electrons. The average molecular weight is 300 g/mol. The SMILES string of the molecule is COc1ccc(OC)c(-c2c(N(C)C)cccc2N(C)C)c1. The number of hydrogen-bond acceptors (Lipinski definition) is 4. The summed E-state index contributed by atoms with van der Waals surface area (Å²) in [5.41, 5.74) is 4.43. The number of methoxy groups -OCH3 is 2. The van der Waals surface area contributed by atoms with Gasteiger partial charge in [0.25, 0.3) is 0 Å². The van der Waals surface area contributed by atoms with E-state index >= 15 is 0 Å². The second kappa shape index (κ2) is 6.60. The van der Waals surface area contributed by atoms with E-state index in [1.807, 2.05) is 46.4 Å². The Labute approximate surface area is 132 Å². The van der Waals surface area contributed by atoms with Crippen LogP contribution in [0.25, 0.3) is 11.1 Å². The number of rotatable bonds is 5. The highest BCUT2D eigenvalue weighted by molar-refractivity contribution is 5.92. The van der Waals surface area contributed by atoms with Crippen LogP contribution in [0.4, 0.5) is 11.4 Å². The fourth-order valence-electron chi connectivity index (χ4n) is 2.56. The lowest BCUT2D eigenvalue weighted by Crippen LogP contribution is -2.15. The van der Waals surface area contributed by atoms with Crippen LogP contribution in [0.1, 0.15) is 0 Å². The molecule has 0 spiro atoms. The Balaban J connectivity index is 2.80. The molecule has 0 atom stereocenters. The van der Waals surface area contributed by atoms with Crippen molar-refractivity contribution in [3.8, 4) is 22.6 Å². The lowest BCUT2D eigenvalue weighted by molar-refractivity contribution is 0.404. The van der Waals surface area contributed by atoms with Crippen LogP contribution in [0.3, 0.4) is 0 Å². The minimum atomic E-state index is 0.814. The van der Waals surface area contributed by atoms with Crippen LogP contribution in [0.2, 0.25) is 0 Å². The molecule has 2 aromatic rings. The molecule has 0 heterocycles. The van der Waals surface area contributed by atoms with E-state index in [9.17, 15) is 0 Å². The molecule has 0 unspecified atom stereocenters. The Morgan fingerprint density at radius 3 is 1.82 bits per heavy atom. The zero-order valence-corrected chi connectivity index (χ0v) is 14.2. The molecule has 0 saturated carbocycles. The molecule has 0 bridgehead atoms. The van der Waals surface area contributed by atoms with Gasteiger partial charge in [0.15, 0.2) is 0 Å². The van der Waals surface area contributed by atoms with Crippen LogP contribution in [0.15, 0.2) is 36.4 Å². The maximum absolute atomic E-state index is 5.58.